The van der Waals surface area contributed by atoms with E-state index in [0.29, 0.717) is 19.3 Å². The minimum Gasteiger partial charge on any atom is -0.462 e. The Morgan fingerprint density at radius 3 is 0.900 bits per heavy atom. The quantitative estimate of drug-likeness (QED) is 0.0261. The van der Waals surface area contributed by atoms with Crippen LogP contribution < -0.4 is 0 Å². The van der Waals surface area contributed by atoms with E-state index in [1.165, 1.54) is 167 Å². The third-order valence-electron chi connectivity index (χ3n) is 12.9. The Morgan fingerprint density at radius 2 is 0.557 bits per heavy atom. The summed E-state index contributed by atoms with van der Waals surface area (Å²) >= 11 is 0. The minimum absolute atomic E-state index is 0.0757. The van der Waals surface area contributed by atoms with Crippen molar-refractivity contribution < 1.29 is 28.6 Å². The number of allylic oxidation sites excluding steroid dienone is 12. The maximum Gasteiger partial charge on any atom is 0.306 e. The first-order chi connectivity index (χ1) is 34.5. The van der Waals surface area contributed by atoms with Gasteiger partial charge in [0.2, 0.25) is 0 Å². The Hall–Kier alpha value is -3.15. The molecule has 70 heavy (non-hydrogen) atoms. The smallest absolute Gasteiger partial charge is 0.306 e. The molecule has 0 fully saturated rings. The zero-order chi connectivity index (χ0) is 50.7. The van der Waals surface area contributed by atoms with E-state index in [1.807, 2.05) is 0 Å². The van der Waals surface area contributed by atoms with Crippen molar-refractivity contribution in [2.45, 2.75) is 303 Å². The number of ether oxygens (including phenoxy) is 3. The van der Waals surface area contributed by atoms with Gasteiger partial charge in [-0.2, -0.15) is 0 Å². The van der Waals surface area contributed by atoms with Gasteiger partial charge in [-0.25, -0.2) is 0 Å². The standard InChI is InChI=1S/C64H112O6/c1-4-7-10-13-16-19-22-24-26-28-30-31-32-33-35-36-38-40-42-45-48-51-54-57-63(66)69-60-61(59-68-62(65)56-53-50-47-44-21-18-15-12-9-6-3)70-64(67)58-55-52-49-46-43-41-39-37-34-29-27-25-23-20-17-14-11-8-5-2/h7,10,16-17,19-20,24-27,30-31,61H,4-6,8-9,11-15,18,21-23,28-29,32-60H2,1-3H3/b10-7-,19-16-,20-17-,26-24-,27-25-,31-30-. The van der Waals surface area contributed by atoms with E-state index < -0.39 is 6.10 Å². The second kappa shape index (κ2) is 58.4. The van der Waals surface area contributed by atoms with Crippen molar-refractivity contribution in [3.63, 3.8) is 0 Å². The highest BCUT2D eigenvalue weighted by atomic mass is 16.6. The summed E-state index contributed by atoms with van der Waals surface area (Å²) in [6, 6.07) is 0. The predicted octanol–water partition coefficient (Wildman–Crippen LogP) is 20.2. The molecule has 0 aliphatic carbocycles. The average Bonchev–Trinajstić information content (AvgIpc) is 3.36. The van der Waals surface area contributed by atoms with Gasteiger partial charge in [-0.15, -0.1) is 0 Å². The molecule has 0 radical (unpaired) electrons. The fourth-order valence-corrected chi connectivity index (χ4v) is 8.47. The van der Waals surface area contributed by atoms with Gasteiger partial charge in [0.1, 0.15) is 13.2 Å². The Kier molecular flexibility index (Phi) is 55.8. The lowest BCUT2D eigenvalue weighted by Crippen LogP contribution is -2.30. The summed E-state index contributed by atoms with van der Waals surface area (Å²) < 4.78 is 16.9. The number of unbranched alkanes of at least 4 members (excludes halogenated alkanes) is 31. The first-order valence-electron chi connectivity index (χ1n) is 29.9. The van der Waals surface area contributed by atoms with Crippen molar-refractivity contribution in [2.75, 3.05) is 13.2 Å². The van der Waals surface area contributed by atoms with E-state index in [9.17, 15) is 14.4 Å². The van der Waals surface area contributed by atoms with E-state index in [0.717, 1.165) is 89.9 Å². The van der Waals surface area contributed by atoms with Gasteiger partial charge in [0.25, 0.3) is 0 Å². The van der Waals surface area contributed by atoms with Crippen LogP contribution in [0.25, 0.3) is 0 Å². The number of carbonyl (C=O) groups excluding carboxylic acids is 3. The number of hydrogen-bond acceptors (Lipinski definition) is 6. The van der Waals surface area contributed by atoms with E-state index in [2.05, 4.69) is 93.7 Å². The van der Waals surface area contributed by atoms with E-state index >= 15 is 0 Å². The summed E-state index contributed by atoms with van der Waals surface area (Å²) in [6.07, 6.45) is 74.7. The first kappa shape index (κ1) is 66.9. The van der Waals surface area contributed by atoms with Crippen LogP contribution in [0, 0.1) is 0 Å². The maximum absolute atomic E-state index is 12.9. The topological polar surface area (TPSA) is 78.9 Å². The van der Waals surface area contributed by atoms with Gasteiger partial charge < -0.3 is 14.2 Å². The normalized spacial score (nSPS) is 12.6. The second-order valence-corrected chi connectivity index (χ2v) is 19.9. The summed E-state index contributed by atoms with van der Waals surface area (Å²) in [4.78, 5) is 38.1. The van der Waals surface area contributed by atoms with E-state index in [1.54, 1.807) is 0 Å². The summed E-state index contributed by atoms with van der Waals surface area (Å²) in [7, 11) is 0. The molecule has 0 aromatic rings. The number of carbonyl (C=O) groups is 3. The van der Waals surface area contributed by atoms with Crippen molar-refractivity contribution in [1.29, 1.82) is 0 Å². The third kappa shape index (κ3) is 55.8. The van der Waals surface area contributed by atoms with Crippen molar-refractivity contribution in [2.24, 2.45) is 0 Å². The molecular formula is C64H112O6. The minimum atomic E-state index is -0.777. The largest absolute Gasteiger partial charge is 0.462 e. The highest BCUT2D eigenvalue weighted by Gasteiger charge is 2.19. The molecule has 0 N–H and O–H groups in total. The summed E-state index contributed by atoms with van der Waals surface area (Å²) in [5.41, 5.74) is 0. The zero-order valence-corrected chi connectivity index (χ0v) is 46.3. The summed E-state index contributed by atoms with van der Waals surface area (Å²) in [6.45, 7) is 6.51. The molecule has 0 saturated carbocycles. The molecule has 6 nitrogen and oxygen atoms in total. The molecule has 0 saturated heterocycles. The van der Waals surface area contributed by atoms with Crippen LogP contribution in [0.2, 0.25) is 0 Å². The average molecular weight is 978 g/mol. The molecule has 1 atom stereocenters. The van der Waals surface area contributed by atoms with Crippen LogP contribution in [0.5, 0.6) is 0 Å². The van der Waals surface area contributed by atoms with Crippen LogP contribution in [0.4, 0.5) is 0 Å². The molecule has 0 rings (SSSR count). The molecule has 1 unspecified atom stereocenters. The van der Waals surface area contributed by atoms with Crippen LogP contribution in [-0.2, 0) is 28.6 Å². The van der Waals surface area contributed by atoms with Crippen LogP contribution in [0.3, 0.4) is 0 Å². The molecule has 0 aromatic carbocycles. The molecule has 0 heterocycles. The summed E-state index contributed by atoms with van der Waals surface area (Å²) in [5, 5.41) is 0. The van der Waals surface area contributed by atoms with Gasteiger partial charge in [-0.3, -0.25) is 14.4 Å². The molecule has 6 heteroatoms. The SMILES string of the molecule is CC/C=C\C/C=C\C/C=C\C/C=C\CCCCCCCCCCCCC(=O)OCC(COC(=O)CCCCCCCCCCCC)OC(=O)CCCCCCCCCCC/C=C\C/C=C\CCCCC. The third-order valence-corrected chi connectivity index (χ3v) is 12.9. The fraction of sp³-hybridized carbons (Fsp3) is 0.766. The van der Waals surface area contributed by atoms with E-state index in [4.69, 9.17) is 14.2 Å². The maximum atomic E-state index is 12.9. The Morgan fingerprint density at radius 1 is 0.300 bits per heavy atom. The number of hydrogen-bond donors (Lipinski definition) is 0. The Bertz CT molecular complexity index is 1310. The van der Waals surface area contributed by atoms with Gasteiger partial charge in [0, 0.05) is 19.3 Å². The van der Waals surface area contributed by atoms with Gasteiger partial charge >= 0.3 is 17.9 Å². The van der Waals surface area contributed by atoms with Crippen LogP contribution in [0.1, 0.15) is 297 Å². The highest BCUT2D eigenvalue weighted by molar-refractivity contribution is 5.71. The first-order valence-corrected chi connectivity index (χ1v) is 29.9. The van der Waals surface area contributed by atoms with Crippen LogP contribution in [-0.4, -0.2) is 37.2 Å². The molecule has 0 aliphatic rings. The van der Waals surface area contributed by atoms with Crippen molar-refractivity contribution in [3.8, 4) is 0 Å². The lowest BCUT2D eigenvalue weighted by molar-refractivity contribution is -0.167. The highest BCUT2D eigenvalue weighted by Crippen LogP contribution is 2.16. The molecule has 0 aromatic heterocycles. The monoisotopic (exact) mass is 977 g/mol. The molecule has 0 bridgehead atoms. The van der Waals surface area contributed by atoms with Crippen molar-refractivity contribution >= 4 is 17.9 Å². The van der Waals surface area contributed by atoms with Crippen molar-refractivity contribution in [1.82, 2.24) is 0 Å². The lowest BCUT2D eigenvalue weighted by atomic mass is 10.1. The van der Waals surface area contributed by atoms with Gasteiger partial charge in [0.15, 0.2) is 6.10 Å². The fourth-order valence-electron chi connectivity index (χ4n) is 8.47. The number of esters is 3. The van der Waals surface area contributed by atoms with Crippen molar-refractivity contribution in [3.05, 3.63) is 72.9 Å². The number of rotatable bonds is 54. The Labute approximate surface area is 433 Å². The zero-order valence-electron chi connectivity index (χ0n) is 46.3. The predicted molar refractivity (Wildman–Crippen MR) is 302 cm³/mol. The second-order valence-electron chi connectivity index (χ2n) is 19.9. The van der Waals surface area contributed by atoms with Crippen LogP contribution >= 0.6 is 0 Å². The van der Waals surface area contributed by atoms with Gasteiger partial charge in [0.05, 0.1) is 0 Å². The van der Waals surface area contributed by atoms with Gasteiger partial charge in [-0.05, 0) is 89.9 Å². The lowest BCUT2D eigenvalue weighted by Gasteiger charge is -2.18. The molecule has 0 amide bonds. The van der Waals surface area contributed by atoms with Gasteiger partial charge in [-0.1, -0.05) is 261 Å². The Balaban J connectivity index is 4.28. The molecule has 404 valence electrons. The molecule has 0 aliphatic heterocycles. The summed E-state index contributed by atoms with van der Waals surface area (Å²) in [5.74, 6) is -0.875. The van der Waals surface area contributed by atoms with E-state index in [-0.39, 0.29) is 31.1 Å². The molecule has 0 spiro atoms. The molecular weight excluding hydrogens is 865 g/mol. The van der Waals surface area contributed by atoms with Crippen LogP contribution in [0.15, 0.2) is 72.9 Å².